The molecule has 74 valence electrons. The van der Waals surface area contributed by atoms with Gasteiger partial charge < -0.3 is 14.9 Å². The molecule has 0 aliphatic heterocycles. The minimum absolute atomic E-state index is 0. The van der Waals surface area contributed by atoms with Gasteiger partial charge in [0.2, 0.25) is 0 Å². The minimum Gasteiger partial charge on any atom is -0.469 e. The van der Waals surface area contributed by atoms with Crippen molar-refractivity contribution in [2.45, 2.75) is 13.8 Å². The molecule has 0 rings (SSSR count). The van der Waals surface area contributed by atoms with E-state index in [0.29, 0.717) is 0 Å². The number of ether oxygens (including phenoxy) is 1. The predicted octanol–water partition coefficient (Wildman–Crippen LogP) is 0.650. The van der Waals surface area contributed by atoms with E-state index < -0.39 is 0 Å². The summed E-state index contributed by atoms with van der Waals surface area (Å²) >= 11 is 0. The molecule has 0 aromatic rings. The summed E-state index contributed by atoms with van der Waals surface area (Å²) in [6.07, 6.45) is 0. The van der Waals surface area contributed by atoms with Crippen molar-refractivity contribution in [1.82, 2.24) is 0 Å². The van der Waals surface area contributed by atoms with Crippen LogP contribution >= 0.6 is 24.0 Å². The lowest BCUT2D eigenvalue weighted by Crippen LogP contribution is -1.88. The summed E-state index contributed by atoms with van der Waals surface area (Å²) < 4.78 is 4.11. The first-order chi connectivity index (χ1) is 4.68. The van der Waals surface area contributed by atoms with Crippen molar-refractivity contribution in [3.63, 3.8) is 0 Å². The quantitative estimate of drug-likeness (QED) is 0.506. The number of hydrogen-bond acceptors (Lipinski definition) is 4. The summed E-state index contributed by atoms with van der Waals surface area (Å²) in [7, 11) is 2.35. The number of carbonyl (C=O) groups excluding carboxylic acids is 1. The third kappa shape index (κ3) is 148. The maximum atomic E-state index is 9.59. The first-order valence-corrected chi connectivity index (χ1v) is 2.79. The van der Waals surface area contributed by atoms with E-state index in [-0.39, 0.29) is 38.0 Å². The summed E-state index contributed by atoms with van der Waals surface area (Å²) in [6.45, 7) is 3.29. The number of aliphatic hydroxyl groups excluding tert-OH is 2. The minimum atomic E-state index is -0.245. The van der Waals surface area contributed by atoms with Crippen LogP contribution in [0.1, 0.15) is 15.3 Å². The van der Waals surface area contributed by atoms with E-state index in [1.54, 1.807) is 6.92 Å². The van der Waals surface area contributed by atoms with Crippen LogP contribution in [0.15, 0.2) is 0 Å². The molecule has 0 aliphatic rings. The van der Waals surface area contributed by atoms with E-state index in [4.69, 9.17) is 10.2 Å². The standard InChI is InChI=1S/C3H6O2.C2H6O.CH4O.HI.H2/c1-3(4)5-2;1-2-3;1-2;;/h1-2H3;3H,2H2,1H3;2H,1H3;2*1H. The van der Waals surface area contributed by atoms with Gasteiger partial charge in [0.05, 0.1) is 7.11 Å². The largest absolute Gasteiger partial charge is 0.469 e. The number of esters is 1. The zero-order valence-electron chi connectivity index (χ0n) is 7.33. The number of rotatable bonds is 0. The molecule has 0 spiro atoms. The normalized spacial score (nSPS) is 5.27. The van der Waals surface area contributed by atoms with E-state index in [2.05, 4.69) is 4.74 Å². The van der Waals surface area contributed by atoms with Gasteiger partial charge >= 0.3 is 5.97 Å². The SMILES string of the molecule is CCO.CO.COC(C)=O.I.[HH]. The smallest absolute Gasteiger partial charge is 0.302 e. The molecule has 0 radical (unpaired) electrons. The van der Waals surface area contributed by atoms with Crippen LogP contribution in [0.5, 0.6) is 0 Å². The van der Waals surface area contributed by atoms with E-state index in [1.165, 1.54) is 14.0 Å². The number of halogens is 1. The lowest BCUT2D eigenvalue weighted by Gasteiger charge is -1.80. The van der Waals surface area contributed by atoms with Gasteiger partial charge in [-0.25, -0.2) is 0 Å². The first-order valence-electron chi connectivity index (χ1n) is 2.79. The second kappa shape index (κ2) is 32.1. The van der Waals surface area contributed by atoms with Crippen LogP contribution in [0.3, 0.4) is 0 Å². The highest BCUT2D eigenvalue weighted by Crippen LogP contribution is 1.60. The van der Waals surface area contributed by atoms with Crippen LogP contribution in [0, 0.1) is 0 Å². The van der Waals surface area contributed by atoms with Crippen LogP contribution in [-0.4, -0.2) is 37.0 Å². The van der Waals surface area contributed by atoms with Gasteiger partial charge in [-0.05, 0) is 6.92 Å². The molecule has 0 aromatic carbocycles. The van der Waals surface area contributed by atoms with Crippen LogP contribution in [0.4, 0.5) is 0 Å². The molecule has 0 aliphatic carbocycles. The Balaban J connectivity index is -0.0000000209. The van der Waals surface area contributed by atoms with Crippen molar-refractivity contribution in [2.24, 2.45) is 0 Å². The molecule has 5 heteroatoms. The molecule has 2 N–H and O–H groups in total. The Hall–Kier alpha value is 0.120. The molecule has 0 saturated carbocycles. The Morgan fingerprint density at radius 3 is 1.64 bits per heavy atom. The van der Waals surface area contributed by atoms with Crippen molar-refractivity contribution in [1.29, 1.82) is 0 Å². The Morgan fingerprint density at radius 2 is 1.64 bits per heavy atom. The van der Waals surface area contributed by atoms with Crippen molar-refractivity contribution >= 4 is 29.9 Å². The second-order valence-electron chi connectivity index (χ2n) is 1.01. The molecular formula is C6H19IO4. The molecule has 0 fully saturated rings. The average Bonchev–Trinajstić information content (AvgIpc) is 1.94. The third-order valence-corrected chi connectivity index (χ3v) is 0.287. The summed E-state index contributed by atoms with van der Waals surface area (Å²) in [6, 6.07) is 0. The molecule has 0 saturated heterocycles. The van der Waals surface area contributed by atoms with Crippen LogP contribution in [-0.2, 0) is 9.53 Å². The molecule has 0 bridgehead atoms. The van der Waals surface area contributed by atoms with Crippen LogP contribution in [0.25, 0.3) is 0 Å². The Morgan fingerprint density at radius 1 is 1.55 bits per heavy atom. The lowest BCUT2D eigenvalue weighted by molar-refractivity contribution is -0.137. The first kappa shape index (κ1) is 22.5. The highest BCUT2D eigenvalue weighted by atomic mass is 127. The second-order valence-corrected chi connectivity index (χ2v) is 1.01. The van der Waals surface area contributed by atoms with Gasteiger partial charge in [0.15, 0.2) is 0 Å². The monoisotopic (exact) mass is 282 g/mol. The molecule has 0 atom stereocenters. The maximum Gasteiger partial charge on any atom is 0.302 e. The summed E-state index contributed by atoms with van der Waals surface area (Å²) in [4.78, 5) is 9.59. The van der Waals surface area contributed by atoms with Gasteiger partial charge in [-0.3, -0.25) is 4.79 Å². The van der Waals surface area contributed by atoms with Crippen molar-refractivity contribution in [2.75, 3.05) is 20.8 Å². The van der Waals surface area contributed by atoms with Gasteiger partial charge in [0.25, 0.3) is 0 Å². The maximum absolute atomic E-state index is 9.59. The van der Waals surface area contributed by atoms with Gasteiger partial charge in [-0.2, -0.15) is 0 Å². The van der Waals surface area contributed by atoms with E-state index in [0.717, 1.165) is 7.11 Å². The van der Waals surface area contributed by atoms with Gasteiger partial charge in [-0.15, -0.1) is 24.0 Å². The lowest BCUT2D eigenvalue weighted by atomic mass is 10.8. The average molecular weight is 282 g/mol. The fourth-order valence-electron chi connectivity index (χ4n) is 0. The van der Waals surface area contributed by atoms with Crippen molar-refractivity contribution in [3.05, 3.63) is 0 Å². The van der Waals surface area contributed by atoms with E-state index in [1.807, 2.05) is 0 Å². The van der Waals surface area contributed by atoms with Crippen molar-refractivity contribution in [3.8, 4) is 0 Å². The predicted molar refractivity (Wildman–Crippen MR) is 56.1 cm³/mol. The molecule has 0 aromatic heterocycles. The topological polar surface area (TPSA) is 66.8 Å². The Kier molecular flexibility index (Phi) is 65.6. The fourth-order valence-corrected chi connectivity index (χ4v) is 0. The number of aliphatic hydroxyl groups is 2. The van der Waals surface area contributed by atoms with Gasteiger partial charge in [-0.1, -0.05) is 0 Å². The van der Waals surface area contributed by atoms with E-state index in [9.17, 15) is 4.79 Å². The highest BCUT2D eigenvalue weighted by Gasteiger charge is 1.75. The number of methoxy groups -OCH3 is 1. The van der Waals surface area contributed by atoms with Gasteiger partial charge in [0, 0.05) is 22.1 Å². The van der Waals surface area contributed by atoms with E-state index >= 15 is 0 Å². The molecule has 0 unspecified atom stereocenters. The van der Waals surface area contributed by atoms with Crippen LogP contribution in [0.2, 0.25) is 0 Å². The van der Waals surface area contributed by atoms with Crippen molar-refractivity contribution < 1.29 is 21.2 Å². The third-order valence-electron chi connectivity index (χ3n) is 0.287. The zero-order valence-corrected chi connectivity index (χ0v) is 9.66. The number of hydrogen-bond donors (Lipinski definition) is 2. The molecular weight excluding hydrogens is 263 g/mol. The summed E-state index contributed by atoms with van der Waals surface area (Å²) in [5.74, 6) is -0.245. The Labute approximate surface area is 86.1 Å². The Bertz CT molecular complexity index is 63.5. The molecule has 11 heavy (non-hydrogen) atoms. The van der Waals surface area contributed by atoms with Gasteiger partial charge in [0.1, 0.15) is 0 Å². The molecule has 0 heterocycles. The highest BCUT2D eigenvalue weighted by molar-refractivity contribution is 14.0. The summed E-state index contributed by atoms with van der Waals surface area (Å²) in [5, 5.41) is 14.6. The number of carbonyl (C=O) groups is 1. The fraction of sp³-hybridized carbons (Fsp3) is 0.833. The van der Waals surface area contributed by atoms with Crippen LogP contribution < -0.4 is 0 Å². The zero-order chi connectivity index (χ0) is 8.99. The molecule has 0 amide bonds. The summed E-state index contributed by atoms with van der Waals surface area (Å²) in [5.41, 5.74) is 0. The molecule has 4 nitrogen and oxygen atoms in total.